The van der Waals surface area contributed by atoms with Crippen molar-refractivity contribution in [3.05, 3.63) is 24.0 Å². The van der Waals surface area contributed by atoms with E-state index in [9.17, 15) is 4.39 Å². The molecular formula is C15H19FN2S. The average Bonchev–Trinajstić information content (AvgIpc) is 2.81. The van der Waals surface area contributed by atoms with Crippen LogP contribution in [0.15, 0.2) is 18.2 Å². The predicted octanol–water partition coefficient (Wildman–Crippen LogP) is 4.82. The summed E-state index contributed by atoms with van der Waals surface area (Å²) in [5.41, 5.74) is 0.879. The molecule has 2 aromatic rings. The molecular weight excluding hydrogens is 259 g/mol. The maximum atomic E-state index is 13.2. The minimum absolute atomic E-state index is 0.192. The summed E-state index contributed by atoms with van der Waals surface area (Å²) < 4.78 is 14.1. The summed E-state index contributed by atoms with van der Waals surface area (Å²) in [6, 6.07) is 5.23. The van der Waals surface area contributed by atoms with Crippen LogP contribution in [0.5, 0.6) is 0 Å². The Morgan fingerprint density at radius 3 is 2.89 bits per heavy atom. The molecule has 1 fully saturated rings. The van der Waals surface area contributed by atoms with Gasteiger partial charge in [-0.25, -0.2) is 9.37 Å². The molecule has 19 heavy (non-hydrogen) atoms. The number of hydrogen-bond donors (Lipinski definition) is 1. The van der Waals surface area contributed by atoms with Crippen molar-refractivity contribution in [2.24, 2.45) is 5.92 Å². The van der Waals surface area contributed by atoms with Gasteiger partial charge in [0.2, 0.25) is 0 Å². The summed E-state index contributed by atoms with van der Waals surface area (Å²) in [6.07, 6.45) is 6.70. The van der Waals surface area contributed by atoms with Crippen molar-refractivity contribution in [3.8, 4) is 0 Å². The third-order valence-corrected chi connectivity index (χ3v) is 5.01. The van der Waals surface area contributed by atoms with E-state index in [-0.39, 0.29) is 5.82 Å². The van der Waals surface area contributed by atoms with E-state index in [1.165, 1.54) is 38.2 Å². The summed E-state index contributed by atoms with van der Waals surface area (Å²) in [6.45, 7) is 2.24. The second kappa shape index (κ2) is 5.45. The van der Waals surface area contributed by atoms with E-state index in [2.05, 4.69) is 17.2 Å². The molecule has 1 atom stereocenters. The number of halogens is 1. The molecule has 3 rings (SSSR count). The first-order chi connectivity index (χ1) is 9.22. The Kier molecular flexibility index (Phi) is 3.69. The number of hydrogen-bond acceptors (Lipinski definition) is 3. The van der Waals surface area contributed by atoms with Gasteiger partial charge < -0.3 is 5.32 Å². The lowest BCUT2D eigenvalue weighted by Crippen LogP contribution is -2.27. The fourth-order valence-corrected chi connectivity index (χ4v) is 3.89. The summed E-state index contributed by atoms with van der Waals surface area (Å²) in [4.78, 5) is 4.53. The summed E-state index contributed by atoms with van der Waals surface area (Å²) >= 11 is 1.54. The summed E-state index contributed by atoms with van der Waals surface area (Å²) in [5.74, 6) is 0.556. The van der Waals surface area contributed by atoms with Gasteiger partial charge in [-0.05, 0) is 43.9 Å². The maximum absolute atomic E-state index is 13.2. The van der Waals surface area contributed by atoms with Gasteiger partial charge in [-0.15, -0.1) is 0 Å². The topological polar surface area (TPSA) is 24.9 Å². The van der Waals surface area contributed by atoms with Gasteiger partial charge in [-0.2, -0.15) is 0 Å². The monoisotopic (exact) mass is 278 g/mol. The molecule has 2 nitrogen and oxygen atoms in total. The van der Waals surface area contributed by atoms with E-state index in [1.54, 1.807) is 23.5 Å². The van der Waals surface area contributed by atoms with Crippen molar-refractivity contribution in [3.63, 3.8) is 0 Å². The van der Waals surface area contributed by atoms with Crippen LogP contribution in [0.1, 0.15) is 39.0 Å². The van der Waals surface area contributed by atoms with Crippen LogP contribution in [0.3, 0.4) is 0 Å². The number of anilines is 1. The van der Waals surface area contributed by atoms with Gasteiger partial charge in [-0.1, -0.05) is 30.6 Å². The lowest BCUT2D eigenvalue weighted by atomic mass is 9.85. The quantitative estimate of drug-likeness (QED) is 0.871. The number of nitrogens with one attached hydrogen (secondary N) is 1. The van der Waals surface area contributed by atoms with Crippen molar-refractivity contribution >= 4 is 26.7 Å². The highest BCUT2D eigenvalue weighted by atomic mass is 32.1. The predicted molar refractivity (Wildman–Crippen MR) is 79.2 cm³/mol. The van der Waals surface area contributed by atoms with E-state index < -0.39 is 0 Å². The molecule has 1 aromatic heterocycles. The zero-order valence-electron chi connectivity index (χ0n) is 11.2. The van der Waals surface area contributed by atoms with Crippen molar-refractivity contribution in [2.75, 3.05) is 5.32 Å². The largest absolute Gasteiger partial charge is 0.359 e. The SMILES string of the molecule is CC(Nc1nc2ccc(F)cc2s1)C1CCCCC1. The van der Waals surface area contributed by atoms with Gasteiger partial charge in [0, 0.05) is 6.04 Å². The van der Waals surface area contributed by atoms with E-state index in [4.69, 9.17) is 0 Å². The fourth-order valence-electron chi connectivity index (χ4n) is 2.91. The van der Waals surface area contributed by atoms with Gasteiger partial charge in [0.05, 0.1) is 10.2 Å². The number of aromatic nitrogens is 1. The first-order valence-electron chi connectivity index (χ1n) is 7.05. The first kappa shape index (κ1) is 12.9. The van der Waals surface area contributed by atoms with Crippen LogP contribution in [-0.4, -0.2) is 11.0 Å². The summed E-state index contributed by atoms with van der Waals surface area (Å²) in [7, 11) is 0. The Balaban J connectivity index is 1.73. The second-order valence-corrected chi connectivity index (χ2v) is 6.49. The Bertz CT molecular complexity index is 560. The van der Waals surface area contributed by atoms with Crippen LogP contribution in [0, 0.1) is 11.7 Å². The highest BCUT2D eigenvalue weighted by Crippen LogP contribution is 2.31. The third-order valence-electron chi connectivity index (χ3n) is 4.06. The molecule has 4 heteroatoms. The van der Waals surface area contributed by atoms with Crippen molar-refractivity contribution in [2.45, 2.75) is 45.1 Å². The molecule has 1 saturated carbocycles. The zero-order valence-corrected chi connectivity index (χ0v) is 12.0. The van der Waals surface area contributed by atoms with Crippen molar-refractivity contribution in [1.29, 1.82) is 0 Å². The lowest BCUT2D eigenvalue weighted by molar-refractivity contribution is 0.328. The van der Waals surface area contributed by atoms with Gasteiger partial charge in [0.15, 0.2) is 5.13 Å². The lowest BCUT2D eigenvalue weighted by Gasteiger charge is -2.28. The molecule has 0 aliphatic heterocycles. The van der Waals surface area contributed by atoms with E-state index in [1.807, 2.05) is 0 Å². The molecule has 0 saturated heterocycles. The Hall–Kier alpha value is -1.16. The molecule has 0 spiro atoms. The Morgan fingerprint density at radius 1 is 1.32 bits per heavy atom. The normalized spacial score (nSPS) is 18.6. The second-order valence-electron chi connectivity index (χ2n) is 5.46. The van der Waals surface area contributed by atoms with E-state index in [0.717, 1.165) is 21.3 Å². The number of thiazole rings is 1. The molecule has 0 amide bonds. The average molecular weight is 278 g/mol. The maximum Gasteiger partial charge on any atom is 0.184 e. The smallest absolute Gasteiger partial charge is 0.184 e. The van der Waals surface area contributed by atoms with Crippen LogP contribution in [0.2, 0.25) is 0 Å². The molecule has 0 bridgehead atoms. The van der Waals surface area contributed by atoms with E-state index >= 15 is 0 Å². The van der Waals surface area contributed by atoms with Crippen molar-refractivity contribution < 1.29 is 4.39 Å². The highest BCUT2D eigenvalue weighted by molar-refractivity contribution is 7.22. The van der Waals surface area contributed by atoms with Crippen LogP contribution < -0.4 is 5.32 Å². The Labute approximate surface area is 117 Å². The van der Waals surface area contributed by atoms with Gasteiger partial charge >= 0.3 is 0 Å². The van der Waals surface area contributed by atoms with Gasteiger partial charge in [-0.3, -0.25) is 0 Å². The standard InChI is InChI=1S/C15H19FN2S/c1-10(11-5-3-2-4-6-11)17-15-18-13-8-7-12(16)9-14(13)19-15/h7-11H,2-6H2,1H3,(H,17,18). The van der Waals surface area contributed by atoms with Crippen molar-refractivity contribution in [1.82, 2.24) is 4.98 Å². The van der Waals surface area contributed by atoms with Crippen LogP contribution in [-0.2, 0) is 0 Å². The number of rotatable bonds is 3. The molecule has 1 aromatic carbocycles. The molecule has 1 aliphatic carbocycles. The number of fused-ring (bicyclic) bond motifs is 1. The molecule has 1 unspecified atom stereocenters. The third kappa shape index (κ3) is 2.89. The van der Waals surface area contributed by atoms with Crippen LogP contribution >= 0.6 is 11.3 Å². The number of benzene rings is 1. The Morgan fingerprint density at radius 2 is 2.11 bits per heavy atom. The molecule has 1 heterocycles. The number of nitrogens with zero attached hydrogens (tertiary/aromatic N) is 1. The van der Waals surface area contributed by atoms with Gasteiger partial charge in [0.1, 0.15) is 5.82 Å². The summed E-state index contributed by atoms with van der Waals surface area (Å²) in [5, 5.41) is 4.42. The molecule has 0 radical (unpaired) electrons. The molecule has 1 N–H and O–H groups in total. The highest BCUT2D eigenvalue weighted by Gasteiger charge is 2.20. The fraction of sp³-hybridized carbons (Fsp3) is 0.533. The molecule has 102 valence electrons. The zero-order chi connectivity index (χ0) is 13.2. The first-order valence-corrected chi connectivity index (χ1v) is 7.86. The molecule has 1 aliphatic rings. The minimum atomic E-state index is -0.192. The minimum Gasteiger partial charge on any atom is -0.359 e. The van der Waals surface area contributed by atoms with Crippen LogP contribution in [0.25, 0.3) is 10.2 Å². The van der Waals surface area contributed by atoms with Gasteiger partial charge in [0.25, 0.3) is 0 Å². The van der Waals surface area contributed by atoms with E-state index in [0.29, 0.717) is 6.04 Å². The van der Waals surface area contributed by atoms with Crippen LogP contribution in [0.4, 0.5) is 9.52 Å².